The third kappa shape index (κ3) is 3.80. The van der Waals surface area contributed by atoms with Crippen molar-refractivity contribution in [3.8, 4) is 5.75 Å². The number of halogens is 1. The number of nitrogens with one attached hydrogen (secondary N) is 1. The van der Waals surface area contributed by atoms with Crippen molar-refractivity contribution in [2.24, 2.45) is 5.92 Å². The lowest BCUT2D eigenvalue weighted by molar-refractivity contribution is 0.200. The van der Waals surface area contributed by atoms with Crippen LogP contribution in [0.4, 0.5) is 4.39 Å². The van der Waals surface area contributed by atoms with Crippen molar-refractivity contribution in [1.29, 1.82) is 0 Å². The van der Waals surface area contributed by atoms with E-state index in [0.29, 0.717) is 23.2 Å². The third-order valence-corrected chi connectivity index (χ3v) is 4.03. The minimum Gasteiger partial charge on any atom is -0.497 e. The minimum atomic E-state index is -0.261. The van der Waals surface area contributed by atoms with Crippen LogP contribution in [0.15, 0.2) is 18.3 Å². The fraction of sp³-hybridized carbons (Fsp3) is 0.556. The third-order valence-electron chi connectivity index (χ3n) is 4.03. The van der Waals surface area contributed by atoms with Gasteiger partial charge in [0.05, 0.1) is 12.6 Å². The van der Waals surface area contributed by atoms with Gasteiger partial charge in [0, 0.05) is 36.8 Å². The molecule has 0 bridgehead atoms. The maximum Gasteiger partial charge on any atom is 0.150 e. The molecule has 2 rings (SSSR count). The highest BCUT2D eigenvalue weighted by Gasteiger charge is 2.14. The lowest BCUT2D eigenvalue weighted by atomic mass is 10.1. The number of hydrogen-bond donors (Lipinski definition) is 1. The number of rotatable bonds is 7. The van der Waals surface area contributed by atoms with Crippen molar-refractivity contribution in [1.82, 2.24) is 9.88 Å². The first-order valence-corrected chi connectivity index (χ1v) is 8.00. The van der Waals surface area contributed by atoms with Gasteiger partial charge in [-0.15, -0.1) is 0 Å². The minimum absolute atomic E-state index is 0.261. The van der Waals surface area contributed by atoms with Gasteiger partial charge in [0.25, 0.3) is 0 Å². The van der Waals surface area contributed by atoms with Crippen molar-refractivity contribution in [2.75, 3.05) is 20.2 Å². The summed E-state index contributed by atoms with van der Waals surface area (Å²) in [5, 5.41) is 0.921. The van der Waals surface area contributed by atoms with Crippen LogP contribution in [0.3, 0.4) is 0 Å². The van der Waals surface area contributed by atoms with Crippen molar-refractivity contribution >= 4 is 10.9 Å². The second kappa shape index (κ2) is 7.14. The molecule has 0 aliphatic carbocycles. The van der Waals surface area contributed by atoms with Gasteiger partial charge in [-0.05, 0) is 37.8 Å². The first kappa shape index (κ1) is 16.8. The van der Waals surface area contributed by atoms with E-state index in [1.165, 1.54) is 6.07 Å². The standard InChI is InChI=1S/C18H27FN2O/c1-12(2)11-21(13(3)4)7-6-14-10-20-18-16(14)8-15(22-5)9-17(18)19/h8-10,12-13,20H,6-7,11H2,1-5H3. The van der Waals surface area contributed by atoms with Crippen LogP contribution >= 0.6 is 0 Å². The number of fused-ring (bicyclic) bond motifs is 1. The van der Waals surface area contributed by atoms with Gasteiger partial charge in [-0.25, -0.2) is 4.39 Å². The summed E-state index contributed by atoms with van der Waals surface area (Å²) in [6.45, 7) is 11.0. The Morgan fingerprint density at radius 1 is 1.23 bits per heavy atom. The van der Waals surface area contributed by atoms with Crippen molar-refractivity contribution in [3.63, 3.8) is 0 Å². The molecule has 0 amide bonds. The Morgan fingerprint density at radius 2 is 1.95 bits per heavy atom. The smallest absolute Gasteiger partial charge is 0.150 e. The number of H-pyrrole nitrogens is 1. The molecule has 0 radical (unpaired) electrons. The Kier molecular flexibility index (Phi) is 5.46. The molecule has 4 heteroatoms. The Morgan fingerprint density at radius 3 is 2.55 bits per heavy atom. The monoisotopic (exact) mass is 306 g/mol. The van der Waals surface area contributed by atoms with E-state index in [9.17, 15) is 4.39 Å². The van der Waals surface area contributed by atoms with E-state index in [2.05, 4.69) is 37.6 Å². The molecule has 3 nitrogen and oxygen atoms in total. The molecule has 1 N–H and O–H groups in total. The van der Waals surface area contributed by atoms with Crippen LogP contribution in [0, 0.1) is 11.7 Å². The molecular formula is C18H27FN2O. The van der Waals surface area contributed by atoms with Gasteiger partial charge in [0.2, 0.25) is 0 Å². The number of nitrogens with zero attached hydrogens (tertiary/aromatic N) is 1. The number of benzene rings is 1. The van der Waals surface area contributed by atoms with Gasteiger partial charge >= 0.3 is 0 Å². The van der Waals surface area contributed by atoms with Gasteiger partial charge in [-0.1, -0.05) is 13.8 Å². The zero-order valence-electron chi connectivity index (χ0n) is 14.2. The van der Waals surface area contributed by atoms with Crippen LogP contribution in [0.25, 0.3) is 10.9 Å². The molecule has 0 unspecified atom stereocenters. The molecule has 0 saturated heterocycles. The average molecular weight is 306 g/mol. The van der Waals surface area contributed by atoms with Crippen molar-refractivity contribution in [2.45, 2.75) is 40.2 Å². The summed E-state index contributed by atoms with van der Waals surface area (Å²) in [5.74, 6) is 0.945. The van der Waals surface area contributed by atoms with Crippen LogP contribution in [0.1, 0.15) is 33.3 Å². The summed E-state index contributed by atoms with van der Waals surface area (Å²) in [5.41, 5.74) is 1.71. The Hall–Kier alpha value is -1.55. The van der Waals surface area contributed by atoms with Gasteiger partial charge in [0.15, 0.2) is 5.82 Å². The van der Waals surface area contributed by atoms with Gasteiger partial charge in [-0.3, -0.25) is 0 Å². The van der Waals surface area contributed by atoms with Crippen LogP contribution in [0.5, 0.6) is 5.75 Å². The molecule has 0 aliphatic heterocycles. The zero-order chi connectivity index (χ0) is 16.3. The van der Waals surface area contributed by atoms with Crippen molar-refractivity contribution in [3.05, 3.63) is 29.7 Å². The molecule has 22 heavy (non-hydrogen) atoms. The van der Waals surface area contributed by atoms with Crippen LogP contribution in [-0.2, 0) is 6.42 Å². The fourth-order valence-electron chi connectivity index (χ4n) is 2.84. The summed E-state index contributed by atoms with van der Waals surface area (Å²) in [6, 6.07) is 3.84. The van der Waals surface area contributed by atoms with Gasteiger partial charge < -0.3 is 14.6 Å². The van der Waals surface area contributed by atoms with E-state index < -0.39 is 0 Å². The van der Waals surface area contributed by atoms with Gasteiger partial charge in [0.1, 0.15) is 5.75 Å². The molecule has 122 valence electrons. The number of methoxy groups -OCH3 is 1. The van der Waals surface area contributed by atoms with Crippen molar-refractivity contribution < 1.29 is 9.13 Å². The quantitative estimate of drug-likeness (QED) is 0.829. The van der Waals surface area contributed by atoms with E-state index in [4.69, 9.17) is 4.74 Å². The molecule has 0 spiro atoms. The average Bonchev–Trinajstić information content (AvgIpc) is 2.86. The van der Waals surface area contributed by atoms with E-state index in [0.717, 1.165) is 30.5 Å². The molecule has 0 atom stereocenters. The maximum absolute atomic E-state index is 14.0. The first-order chi connectivity index (χ1) is 10.4. The molecule has 0 aliphatic rings. The second-order valence-corrected chi connectivity index (χ2v) is 6.58. The number of aromatic amines is 1. The van der Waals surface area contributed by atoms with Crippen LogP contribution in [0.2, 0.25) is 0 Å². The Labute approximate surface area is 132 Å². The molecule has 0 fully saturated rings. The van der Waals surface area contributed by atoms with E-state index in [1.807, 2.05) is 12.3 Å². The fourth-order valence-corrected chi connectivity index (χ4v) is 2.84. The predicted molar refractivity (Wildman–Crippen MR) is 90.1 cm³/mol. The maximum atomic E-state index is 14.0. The summed E-state index contributed by atoms with van der Waals surface area (Å²) in [7, 11) is 1.57. The Balaban J connectivity index is 2.19. The Bertz CT molecular complexity index is 619. The molecule has 1 heterocycles. The van der Waals surface area contributed by atoms with Crippen LogP contribution in [-0.4, -0.2) is 36.1 Å². The summed E-state index contributed by atoms with van der Waals surface area (Å²) in [6.07, 6.45) is 2.82. The summed E-state index contributed by atoms with van der Waals surface area (Å²) < 4.78 is 19.2. The number of aromatic nitrogens is 1. The summed E-state index contributed by atoms with van der Waals surface area (Å²) in [4.78, 5) is 5.52. The highest BCUT2D eigenvalue weighted by atomic mass is 19.1. The van der Waals surface area contributed by atoms with E-state index in [1.54, 1.807) is 7.11 Å². The second-order valence-electron chi connectivity index (χ2n) is 6.58. The number of ether oxygens (including phenoxy) is 1. The lowest BCUT2D eigenvalue weighted by Gasteiger charge is -2.28. The zero-order valence-corrected chi connectivity index (χ0v) is 14.2. The molecule has 1 aromatic carbocycles. The van der Waals surface area contributed by atoms with E-state index >= 15 is 0 Å². The molecule has 0 saturated carbocycles. The van der Waals surface area contributed by atoms with Gasteiger partial charge in [-0.2, -0.15) is 0 Å². The topological polar surface area (TPSA) is 28.3 Å². The van der Waals surface area contributed by atoms with E-state index in [-0.39, 0.29) is 5.82 Å². The lowest BCUT2D eigenvalue weighted by Crippen LogP contribution is -2.35. The number of hydrogen-bond acceptors (Lipinski definition) is 2. The largest absolute Gasteiger partial charge is 0.497 e. The molecular weight excluding hydrogens is 279 g/mol. The first-order valence-electron chi connectivity index (χ1n) is 8.00. The highest BCUT2D eigenvalue weighted by molar-refractivity contribution is 5.85. The normalized spacial score (nSPS) is 12.0. The summed E-state index contributed by atoms with van der Waals surface area (Å²) >= 11 is 0. The molecule has 1 aromatic heterocycles. The highest BCUT2D eigenvalue weighted by Crippen LogP contribution is 2.27. The molecule has 2 aromatic rings. The predicted octanol–water partition coefficient (Wildman–Crippen LogP) is 4.22. The SMILES string of the molecule is COc1cc(F)c2[nH]cc(CCN(CC(C)C)C(C)C)c2c1. The van der Waals surface area contributed by atoms with Crippen LogP contribution < -0.4 is 4.74 Å².